The number of nitrogens with one attached hydrogen (secondary N) is 1. The second kappa shape index (κ2) is 8.74. The van der Waals surface area contributed by atoms with E-state index in [1.807, 2.05) is 27.8 Å². The third kappa shape index (κ3) is 3.67. The van der Waals surface area contributed by atoms with Crippen LogP contribution in [0.25, 0.3) is 22.0 Å². The Bertz CT molecular complexity index is 1510. The number of piperazine rings is 1. The first-order chi connectivity index (χ1) is 17.5. The smallest absolute Gasteiger partial charge is 0.317 e. The summed E-state index contributed by atoms with van der Waals surface area (Å²) in [6.07, 6.45) is 5.13. The first-order valence-electron chi connectivity index (χ1n) is 11.8. The topological polar surface area (TPSA) is 101 Å². The van der Waals surface area contributed by atoms with Gasteiger partial charge in [0, 0.05) is 57.4 Å². The average Bonchev–Trinajstić information content (AvgIpc) is 3.41. The fraction of sp³-hybridized carbons (Fsp3) is 0.320. The van der Waals surface area contributed by atoms with Crippen LogP contribution in [-0.4, -0.2) is 67.5 Å². The van der Waals surface area contributed by atoms with Gasteiger partial charge < -0.3 is 15.1 Å². The van der Waals surface area contributed by atoms with Crippen molar-refractivity contribution in [2.45, 2.75) is 19.3 Å². The van der Waals surface area contributed by atoms with Crippen LogP contribution in [0.1, 0.15) is 11.3 Å². The highest BCUT2D eigenvalue weighted by Gasteiger charge is 2.36. The van der Waals surface area contributed by atoms with Crippen molar-refractivity contribution in [3.8, 4) is 11.1 Å². The number of anilines is 1. The molecule has 1 N–H and O–H groups in total. The minimum Gasteiger partial charge on any atom is -0.337 e. The van der Waals surface area contributed by atoms with Crippen LogP contribution in [0.15, 0.2) is 53.7 Å². The second-order valence-electron chi connectivity index (χ2n) is 9.11. The summed E-state index contributed by atoms with van der Waals surface area (Å²) >= 11 is 0. The van der Waals surface area contributed by atoms with Crippen molar-refractivity contribution in [2.24, 2.45) is 7.05 Å². The number of halogens is 1. The molecule has 0 saturated carbocycles. The molecule has 1 atom stereocenters. The summed E-state index contributed by atoms with van der Waals surface area (Å²) in [6.45, 7) is 2.31. The molecule has 3 aromatic heterocycles. The van der Waals surface area contributed by atoms with Crippen LogP contribution in [-0.2, 0) is 20.3 Å². The van der Waals surface area contributed by atoms with Crippen molar-refractivity contribution in [3.63, 3.8) is 0 Å². The highest BCUT2D eigenvalue weighted by atomic mass is 19.1. The lowest BCUT2D eigenvalue weighted by molar-refractivity contribution is 0.197. The molecule has 5 heterocycles. The molecule has 4 aromatic rings. The number of alkyl halides is 1. The fourth-order valence-corrected chi connectivity index (χ4v) is 5.06. The highest BCUT2D eigenvalue weighted by Crippen LogP contribution is 2.25. The van der Waals surface area contributed by atoms with Crippen molar-refractivity contribution in [1.82, 2.24) is 34.5 Å². The van der Waals surface area contributed by atoms with Gasteiger partial charge in [-0.15, -0.1) is 0 Å². The fourth-order valence-electron chi connectivity index (χ4n) is 5.06. The molecular weight excluding hydrogens is 463 g/mol. The Hall–Kier alpha value is -4.28. The summed E-state index contributed by atoms with van der Waals surface area (Å²) in [4.78, 5) is 42.0. The van der Waals surface area contributed by atoms with Crippen LogP contribution in [0, 0.1) is 0 Å². The van der Waals surface area contributed by atoms with E-state index >= 15 is 0 Å². The van der Waals surface area contributed by atoms with Gasteiger partial charge in [-0.1, -0.05) is 12.1 Å². The Balaban J connectivity index is 1.30. The van der Waals surface area contributed by atoms with E-state index in [0.717, 1.165) is 22.2 Å². The van der Waals surface area contributed by atoms with Gasteiger partial charge in [-0.25, -0.2) is 19.2 Å². The van der Waals surface area contributed by atoms with E-state index in [1.54, 1.807) is 42.5 Å². The lowest BCUT2D eigenvalue weighted by Crippen LogP contribution is -2.52. The standard InChI is InChI=1S/C25H25FN8O2/c1-31-23(35)20-5-4-16(9-22(20)34(31)14-17-3-2-6-27-21(17)10-26)18-11-28-24(29-12-18)32-7-8-33-19(15-32)13-30-25(33)36/h2-6,9,11-12,19H,7-8,10,13-15H2,1H3,(H,30,36)/t19-/m0/s1. The van der Waals surface area contributed by atoms with E-state index in [1.165, 1.54) is 0 Å². The number of benzene rings is 1. The number of fused-ring (bicyclic) bond motifs is 2. The minimum absolute atomic E-state index is 0.00450. The molecule has 0 radical (unpaired) electrons. The van der Waals surface area contributed by atoms with Crippen LogP contribution in [0.3, 0.4) is 0 Å². The molecule has 11 heteroatoms. The minimum atomic E-state index is -0.666. The summed E-state index contributed by atoms with van der Waals surface area (Å²) in [5.74, 6) is 0.630. The molecule has 0 unspecified atom stereocenters. The first-order valence-corrected chi connectivity index (χ1v) is 11.8. The average molecular weight is 489 g/mol. The van der Waals surface area contributed by atoms with E-state index in [4.69, 9.17) is 0 Å². The lowest BCUT2D eigenvalue weighted by Gasteiger charge is -2.36. The molecule has 2 amide bonds. The van der Waals surface area contributed by atoms with Gasteiger partial charge in [-0.05, 0) is 29.3 Å². The molecular formula is C25H25FN8O2. The maximum atomic E-state index is 13.5. The Kier molecular flexibility index (Phi) is 5.39. The van der Waals surface area contributed by atoms with E-state index in [9.17, 15) is 14.0 Å². The maximum Gasteiger partial charge on any atom is 0.317 e. The molecule has 10 nitrogen and oxygen atoms in total. The van der Waals surface area contributed by atoms with Crippen molar-refractivity contribution in [1.29, 1.82) is 0 Å². The summed E-state index contributed by atoms with van der Waals surface area (Å²) in [5, 5.41) is 3.47. The summed E-state index contributed by atoms with van der Waals surface area (Å²) in [7, 11) is 1.71. The number of urea groups is 1. The number of hydrogen-bond acceptors (Lipinski definition) is 6. The molecule has 0 spiro atoms. The van der Waals surface area contributed by atoms with Crippen molar-refractivity contribution < 1.29 is 9.18 Å². The van der Waals surface area contributed by atoms with E-state index in [-0.39, 0.29) is 17.6 Å². The predicted molar refractivity (Wildman–Crippen MR) is 132 cm³/mol. The summed E-state index contributed by atoms with van der Waals surface area (Å²) in [6, 6.07) is 9.35. The Morgan fingerprint density at radius 3 is 2.72 bits per heavy atom. The molecule has 6 rings (SSSR count). The molecule has 2 saturated heterocycles. The Morgan fingerprint density at radius 2 is 1.92 bits per heavy atom. The van der Waals surface area contributed by atoms with Gasteiger partial charge in [0.05, 0.1) is 29.2 Å². The van der Waals surface area contributed by atoms with Gasteiger partial charge in [0.15, 0.2) is 0 Å². The lowest BCUT2D eigenvalue weighted by atomic mass is 10.1. The van der Waals surface area contributed by atoms with Gasteiger partial charge >= 0.3 is 6.03 Å². The zero-order valence-electron chi connectivity index (χ0n) is 19.8. The molecule has 0 aliphatic carbocycles. The van der Waals surface area contributed by atoms with Crippen LogP contribution in [0.2, 0.25) is 0 Å². The molecule has 184 valence electrons. The molecule has 2 aliphatic heterocycles. The highest BCUT2D eigenvalue weighted by molar-refractivity contribution is 5.84. The normalized spacial score (nSPS) is 17.5. The number of rotatable bonds is 5. The molecule has 36 heavy (non-hydrogen) atoms. The monoisotopic (exact) mass is 488 g/mol. The Morgan fingerprint density at radius 1 is 1.08 bits per heavy atom. The predicted octanol–water partition coefficient (Wildman–Crippen LogP) is 1.92. The maximum absolute atomic E-state index is 13.5. The van der Waals surface area contributed by atoms with Crippen LogP contribution in [0.5, 0.6) is 0 Å². The van der Waals surface area contributed by atoms with E-state index in [2.05, 4.69) is 25.2 Å². The van der Waals surface area contributed by atoms with Crippen LogP contribution in [0.4, 0.5) is 15.1 Å². The van der Waals surface area contributed by atoms with E-state index < -0.39 is 6.67 Å². The largest absolute Gasteiger partial charge is 0.337 e. The summed E-state index contributed by atoms with van der Waals surface area (Å²) in [5.41, 5.74) is 3.42. The van der Waals surface area contributed by atoms with Crippen molar-refractivity contribution in [3.05, 3.63) is 70.5 Å². The first kappa shape index (κ1) is 22.2. The van der Waals surface area contributed by atoms with Gasteiger partial charge in [-0.3, -0.25) is 19.1 Å². The van der Waals surface area contributed by atoms with Crippen molar-refractivity contribution >= 4 is 22.9 Å². The van der Waals surface area contributed by atoms with E-state index in [0.29, 0.717) is 49.8 Å². The van der Waals surface area contributed by atoms with Gasteiger partial charge in [0.1, 0.15) is 6.67 Å². The molecule has 2 aliphatic rings. The molecule has 2 fully saturated rings. The van der Waals surface area contributed by atoms with Crippen molar-refractivity contribution in [2.75, 3.05) is 31.1 Å². The SMILES string of the molecule is Cn1c(=O)c2ccc(-c3cnc(N4CCN5C(=O)NC[C@H]5C4)nc3)cc2n1Cc1cccnc1CF. The number of carbonyl (C=O) groups is 1. The van der Waals surface area contributed by atoms with Gasteiger partial charge in [-0.2, -0.15) is 0 Å². The number of pyridine rings is 1. The number of hydrogen-bond donors (Lipinski definition) is 1. The molecule has 0 bridgehead atoms. The quantitative estimate of drug-likeness (QED) is 0.461. The zero-order valence-corrected chi connectivity index (χ0v) is 19.8. The third-order valence-corrected chi connectivity index (χ3v) is 7.08. The summed E-state index contributed by atoms with van der Waals surface area (Å²) < 4.78 is 16.8. The number of nitrogens with zero attached hydrogens (tertiary/aromatic N) is 7. The number of carbonyl (C=O) groups excluding carboxylic acids is 1. The van der Waals surface area contributed by atoms with Gasteiger partial charge in [0.2, 0.25) is 5.95 Å². The number of amides is 2. The number of aromatic nitrogens is 5. The van der Waals surface area contributed by atoms with Crippen LogP contribution >= 0.6 is 0 Å². The van der Waals surface area contributed by atoms with Gasteiger partial charge in [0.25, 0.3) is 5.56 Å². The zero-order chi connectivity index (χ0) is 24.8. The second-order valence-corrected chi connectivity index (χ2v) is 9.11. The third-order valence-electron chi connectivity index (χ3n) is 7.08. The molecule has 1 aromatic carbocycles. The van der Waals surface area contributed by atoms with Crippen LogP contribution < -0.4 is 15.8 Å². The Labute approximate surface area is 206 Å².